The average Bonchev–Trinajstić information content (AvgIpc) is 3.21. The van der Waals surface area contributed by atoms with Crippen molar-refractivity contribution in [3.05, 3.63) is 23.2 Å². The average molecular weight is 357 g/mol. The third-order valence-corrected chi connectivity index (χ3v) is 6.62. The van der Waals surface area contributed by atoms with Crippen LogP contribution >= 0.6 is 11.8 Å². The Morgan fingerprint density at radius 1 is 1.28 bits per heavy atom. The van der Waals surface area contributed by atoms with E-state index in [9.17, 15) is 0 Å². The number of dihydropyridines is 1. The van der Waals surface area contributed by atoms with E-state index in [0.29, 0.717) is 11.8 Å². The van der Waals surface area contributed by atoms with Crippen LogP contribution in [0, 0.1) is 5.92 Å². The molecule has 0 spiro atoms. The van der Waals surface area contributed by atoms with Crippen molar-refractivity contribution in [3.8, 4) is 0 Å². The molecule has 1 aromatic rings. The Kier molecular flexibility index (Phi) is 4.85. The molecule has 0 saturated heterocycles. The molecule has 3 heterocycles. The fraction of sp³-hybridized carbons (Fsp3) is 0.650. The molecule has 2 aliphatic heterocycles. The number of nitrogens with one attached hydrogen (secondary N) is 1. The van der Waals surface area contributed by atoms with Crippen LogP contribution in [-0.2, 0) is 0 Å². The van der Waals surface area contributed by atoms with Crippen molar-refractivity contribution >= 4 is 23.3 Å². The van der Waals surface area contributed by atoms with E-state index in [1.54, 1.807) is 17.5 Å². The zero-order valence-electron chi connectivity index (χ0n) is 15.5. The fourth-order valence-corrected chi connectivity index (χ4v) is 5.53. The fourth-order valence-electron chi connectivity index (χ4n) is 4.14. The molecule has 1 aliphatic carbocycles. The van der Waals surface area contributed by atoms with Crippen molar-refractivity contribution in [2.75, 3.05) is 11.9 Å². The van der Waals surface area contributed by atoms with Crippen LogP contribution in [0.25, 0.3) is 0 Å². The van der Waals surface area contributed by atoms with Crippen LogP contribution < -0.4 is 5.32 Å². The molecule has 4 nitrogen and oxygen atoms in total. The zero-order valence-corrected chi connectivity index (χ0v) is 16.3. The van der Waals surface area contributed by atoms with Crippen LogP contribution in [0.1, 0.15) is 70.9 Å². The molecule has 4 rings (SSSR count). The quantitative estimate of drug-likeness (QED) is 0.762. The van der Waals surface area contributed by atoms with Crippen molar-refractivity contribution in [1.29, 1.82) is 0 Å². The molecule has 0 aromatic carbocycles. The van der Waals surface area contributed by atoms with Gasteiger partial charge in [-0.1, -0.05) is 44.5 Å². The highest BCUT2D eigenvalue weighted by atomic mass is 32.2. The predicted molar refractivity (Wildman–Crippen MR) is 106 cm³/mol. The van der Waals surface area contributed by atoms with Crippen LogP contribution in [0.4, 0.5) is 5.82 Å². The number of hydrogen-bond donors (Lipinski definition) is 1. The minimum Gasteiger partial charge on any atom is -0.369 e. The molecular formula is C20H28N4S. The zero-order chi connectivity index (χ0) is 17.4. The summed E-state index contributed by atoms with van der Waals surface area (Å²) >= 11 is 1.88. The summed E-state index contributed by atoms with van der Waals surface area (Å²) < 4.78 is 0. The van der Waals surface area contributed by atoms with Gasteiger partial charge in [-0.15, -0.1) is 0 Å². The molecule has 1 N–H and O–H groups in total. The third kappa shape index (κ3) is 3.12. The number of fused-ring (bicyclic) bond motifs is 4. The Hall–Kier alpha value is -1.36. The highest BCUT2D eigenvalue weighted by Gasteiger charge is 2.43. The van der Waals surface area contributed by atoms with E-state index >= 15 is 0 Å². The van der Waals surface area contributed by atoms with Gasteiger partial charge in [-0.05, 0) is 43.6 Å². The Morgan fingerprint density at radius 2 is 2.16 bits per heavy atom. The number of allylic oxidation sites excluding steroid dienone is 1. The number of hydrogen-bond acceptors (Lipinski definition) is 5. The first-order valence-corrected chi connectivity index (χ1v) is 10.6. The number of anilines is 1. The van der Waals surface area contributed by atoms with Crippen molar-refractivity contribution in [2.45, 2.75) is 75.5 Å². The monoisotopic (exact) mass is 356 g/mol. The molecule has 1 aromatic heterocycles. The van der Waals surface area contributed by atoms with E-state index in [2.05, 4.69) is 31.1 Å². The summed E-state index contributed by atoms with van der Waals surface area (Å²) in [7, 11) is 0. The molecule has 0 fully saturated rings. The smallest absolute Gasteiger partial charge is 0.143 e. The summed E-state index contributed by atoms with van der Waals surface area (Å²) in [6.45, 7) is 7.65. The summed E-state index contributed by atoms with van der Waals surface area (Å²) in [6, 6.07) is 0. The largest absolute Gasteiger partial charge is 0.369 e. The summed E-state index contributed by atoms with van der Waals surface area (Å²) in [5.74, 6) is 1.98. The molecule has 25 heavy (non-hydrogen) atoms. The molecule has 5 heteroatoms. The van der Waals surface area contributed by atoms with Gasteiger partial charge in [0.15, 0.2) is 0 Å². The van der Waals surface area contributed by atoms with Crippen molar-refractivity contribution in [3.63, 3.8) is 0 Å². The lowest BCUT2D eigenvalue weighted by Gasteiger charge is -2.26. The van der Waals surface area contributed by atoms with Gasteiger partial charge >= 0.3 is 0 Å². The highest BCUT2D eigenvalue weighted by molar-refractivity contribution is 8.00. The number of rotatable bonds is 6. The minimum atomic E-state index is 0.273. The minimum absolute atomic E-state index is 0.273. The molecule has 134 valence electrons. The van der Waals surface area contributed by atoms with Gasteiger partial charge in [0.2, 0.25) is 0 Å². The van der Waals surface area contributed by atoms with Gasteiger partial charge in [0.05, 0.1) is 16.5 Å². The number of aromatic nitrogens is 2. The first-order chi connectivity index (χ1) is 12.2. The second-order valence-corrected chi connectivity index (χ2v) is 8.86. The Labute approximate surface area is 155 Å². The summed E-state index contributed by atoms with van der Waals surface area (Å²) in [5.41, 5.74) is 5.80. The van der Waals surface area contributed by atoms with Crippen LogP contribution in [0.5, 0.6) is 0 Å². The maximum atomic E-state index is 5.20. The maximum absolute atomic E-state index is 5.20. The highest BCUT2D eigenvalue weighted by Crippen LogP contribution is 2.55. The van der Waals surface area contributed by atoms with Gasteiger partial charge in [-0.3, -0.25) is 4.99 Å². The van der Waals surface area contributed by atoms with E-state index in [1.165, 1.54) is 48.4 Å². The molecule has 0 radical (unpaired) electrons. The van der Waals surface area contributed by atoms with Crippen LogP contribution in [0.2, 0.25) is 0 Å². The van der Waals surface area contributed by atoms with E-state index in [4.69, 9.17) is 9.98 Å². The Morgan fingerprint density at radius 3 is 2.96 bits per heavy atom. The maximum Gasteiger partial charge on any atom is 0.143 e. The van der Waals surface area contributed by atoms with Gasteiger partial charge in [0, 0.05) is 12.3 Å². The lowest BCUT2D eigenvalue weighted by Crippen LogP contribution is -2.21. The summed E-state index contributed by atoms with van der Waals surface area (Å²) in [4.78, 5) is 15.7. The molecule has 2 atom stereocenters. The molecule has 0 amide bonds. The van der Waals surface area contributed by atoms with E-state index in [1.807, 2.05) is 11.8 Å². The van der Waals surface area contributed by atoms with Crippen LogP contribution in [0.3, 0.4) is 0 Å². The summed E-state index contributed by atoms with van der Waals surface area (Å²) in [6.07, 6.45) is 9.06. The molecule has 3 aliphatic rings. The third-order valence-electron chi connectivity index (χ3n) is 5.36. The number of aliphatic imine (C=N–C) groups is 1. The van der Waals surface area contributed by atoms with Gasteiger partial charge in [-0.25, -0.2) is 9.97 Å². The molecule has 0 bridgehead atoms. The first-order valence-electron chi connectivity index (χ1n) is 9.73. The van der Waals surface area contributed by atoms with Gasteiger partial charge in [0.25, 0.3) is 0 Å². The van der Waals surface area contributed by atoms with Crippen LogP contribution in [0.15, 0.2) is 27.4 Å². The number of unbranched alkanes of at least 4 members (excludes halogenated alkanes) is 1. The van der Waals surface area contributed by atoms with Gasteiger partial charge in [-0.2, -0.15) is 0 Å². The van der Waals surface area contributed by atoms with E-state index < -0.39 is 0 Å². The number of nitrogens with zero attached hydrogens (tertiary/aromatic N) is 3. The molecule has 0 unspecified atom stereocenters. The number of thioether (sulfide) groups is 1. The van der Waals surface area contributed by atoms with Crippen molar-refractivity contribution < 1.29 is 0 Å². The Balaban J connectivity index is 1.67. The lowest BCUT2D eigenvalue weighted by atomic mass is 9.87. The summed E-state index contributed by atoms with van der Waals surface area (Å²) in [5, 5.41) is 3.80. The van der Waals surface area contributed by atoms with E-state index in [0.717, 1.165) is 18.8 Å². The second kappa shape index (κ2) is 7.10. The topological polar surface area (TPSA) is 50.2 Å². The normalized spacial score (nSPS) is 24.2. The van der Waals surface area contributed by atoms with Crippen molar-refractivity contribution in [1.82, 2.24) is 9.97 Å². The predicted octanol–water partition coefficient (Wildman–Crippen LogP) is 5.19. The molecular weight excluding hydrogens is 328 g/mol. The first kappa shape index (κ1) is 17.1. The van der Waals surface area contributed by atoms with E-state index in [-0.39, 0.29) is 5.37 Å². The van der Waals surface area contributed by atoms with Gasteiger partial charge in [0.1, 0.15) is 17.5 Å². The standard InChI is InChI=1S/C20H28N4S/c1-4-5-9-15-13-7-6-8-14(13)16-17-18(25-20(16)24-15)19(23-11-22-17)21-10-12(2)3/h11-12,16,20H,4-10H2,1-3H3,(H,21,22,23)/t16-,20-/m0/s1. The van der Waals surface area contributed by atoms with Crippen LogP contribution in [-0.4, -0.2) is 27.6 Å². The van der Waals surface area contributed by atoms with Gasteiger partial charge < -0.3 is 5.32 Å². The second-order valence-electron chi connectivity index (χ2n) is 7.73. The Bertz CT molecular complexity index is 722. The molecule has 0 saturated carbocycles. The SMILES string of the molecule is CCCCC1=N[C@H]2Sc3c(NCC(C)C)ncnc3[C@@H]2C2=C1CCC2. The van der Waals surface area contributed by atoms with Crippen molar-refractivity contribution in [2.24, 2.45) is 10.9 Å². The lowest BCUT2D eigenvalue weighted by molar-refractivity contribution is 0.679.